The smallest absolute Gasteiger partial charge is 0.364 e. The van der Waals surface area contributed by atoms with E-state index in [0.29, 0.717) is 37.7 Å². The van der Waals surface area contributed by atoms with Crippen molar-refractivity contribution in [3.63, 3.8) is 0 Å². The van der Waals surface area contributed by atoms with E-state index < -0.39 is 17.5 Å². The molecular weight excluding hydrogens is 475 g/mol. The average molecular weight is 504 g/mol. The van der Waals surface area contributed by atoms with Crippen molar-refractivity contribution in [2.75, 3.05) is 43.4 Å². The molecule has 0 radical (unpaired) electrons. The SMILES string of the molecule is CN1CCN([C@@H]2CCCN(c3cnc(C(N)=O)c(Nc4ccc(C5(C(F)(F)F)CC5)cc4)n3)C2)C1=O. The fourth-order valence-electron chi connectivity index (χ4n) is 5.09. The summed E-state index contributed by atoms with van der Waals surface area (Å²) in [5, 5.41) is 3.00. The Labute approximate surface area is 206 Å². The molecule has 1 aromatic heterocycles. The number of nitrogens with zero attached hydrogens (tertiary/aromatic N) is 5. The molecular formula is C24H28F3N7O2. The lowest BCUT2D eigenvalue weighted by molar-refractivity contribution is -0.160. The van der Waals surface area contributed by atoms with E-state index in [1.54, 1.807) is 11.9 Å². The van der Waals surface area contributed by atoms with Gasteiger partial charge in [-0.05, 0) is 43.4 Å². The van der Waals surface area contributed by atoms with Crippen LogP contribution in [-0.2, 0) is 5.41 Å². The van der Waals surface area contributed by atoms with Crippen LogP contribution in [0.3, 0.4) is 0 Å². The molecule has 1 aromatic carbocycles. The van der Waals surface area contributed by atoms with Crippen LogP contribution in [-0.4, -0.2) is 77.2 Å². The number of hydrogen-bond acceptors (Lipinski definition) is 6. The molecule has 192 valence electrons. The molecule has 1 aliphatic carbocycles. The number of primary amides is 1. The maximum absolute atomic E-state index is 13.4. The molecule has 36 heavy (non-hydrogen) atoms. The van der Waals surface area contributed by atoms with Crippen molar-refractivity contribution in [2.24, 2.45) is 5.73 Å². The number of carbonyl (C=O) groups excluding carboxylic acids is 2. The minimum atomic E-state index is -4.29. The zero-order valence-electron chi connectivity index (χ0n) is 19.9. The molecule has 2 saturated heterocycles. The first-order valence-corrected chi connectivity index (χ1v) is 12.0. The Morgan fingerprint density at radius 3 is 2.47 bits per heavy atom. The van der Waals surface area contributed by atoms with E-state index in [2.05, 4.69) is 15.3 Å². The lowest BCUT2D eigenvalue weighted by Crippen LogP contribution is -2.49. The molecule has 3 fully saturated rings. The van der Waals surface area contributed by atoms with Crippen LogP contribution in [0.1, 0.15) is 41.7 Å². The summed E-state index contributed by atoms with van der Waals surface area (Å²) in [5.41, 5.74) is 4.35. The summed E-state index contributed by atoms with van der Waals surface area (Å²) >= 11 is 0. The van der Waals surface area contributed by atoms with Gasteiger partial charge < -0.3 is 25.8 Å². The van der Waals surface area contributed by atoms with Gasteiger partial charge in [0.15, 0.2) is 11.5 Å². The number of piperidine rings is 1. The molecule has 3 N–H and O–H groups in total. The van der Waals surface area contributed by atoms with Crippen LogP contribution in [0.5, 0.6) is 0 Å². The van der Waals surface area contributed by atoms with Gasteiger partial charge in [-0.25, -0.2) is 14.8 Å². The van der Waals surface area contributed by atoms with Crippen molar-refractivity contribution >= 4 is 29.3 Å². The van der Waals surface area contributed by atoms with Gasteiger partial charge in [0, 0.05) is 38.9 Å². The van der Waals surface area contributed by atoms with Crippen LogP contribution in [0.25, 0.3) is 0 Å². The fraction of sp³-hybridized carbons (Fsp3) is 0.500. The normalized spacial score (nSPS) is 21.6. The standard InChI is InChI=1S/C24H28F3N7O2/c1-32-11-12-34(22(32)36)17-3-2-10-33(14-17)18-13-29-19(20(28)35)21(31-18)30-16-6-4-15(5-7-16)23(8-9-23)24(25,26)27/h4-7,13,17H,2-3,8-12,14H2,1H3,(H2,28,35)(H,30,31)/t17-/m1/s1. The van der Waals surface area contributed by atoms with Gasteiger partial charge in [0.2, 0.25) is 0 Å². The molecule has 1 atom stereocenters. The number of anilines is 3. The van der Waals surface area contributed by atoms with Crippen LogP contribution in [0, 0.1) is 0 Å². The topological polar surface area (TPSA) is 108 Å². The third-order valence-electron chi connectivity index (χ3n) is 7.40. The van der Waals surface area contributed by atoms with Gasteiger partial charge in [0.05, 0.1) is 17.7 Å². The van der Waals surface area contributed by atoms with Crippen LogP contribution < -0.4 is 16.0 Å². The van der Waals surface area contributed by atoms with Crippen molar-refractivity contribution in [3.8, 4) is 0 Å². The van der Waals surface area contributed by atoms with E-state index in [-0.39, 0.29) is 42.0 Å². The number of nitrogens with one attached hydrogen (secondary N) is 1. The Morgan fingerprint density at radius 2 is 1.89 bits per heavy atom. The quantitative estimate of drug-likeness (QED) is 0.627. The van der Waals surface area contributed by atoms with E-state index in [1.807, 2.05) is 9.80 Å². The first kappa shape index (κ1) is 24.1. The number of carbonyl (C=O) groups is 2. The minimum absolute atomic E-state index is 0.0151. The first-order chi connectivity index (χ1) is 17.1. The zero-order valence-corrected chi connectivity index (χ0v) is 19.9. The second-order valence-electron chi connectivity index (χ2n) is 9.71. The number of halogens is 3. The molecule has 1 saturated carbocycles. The lowest BCUT2D eigenvalue weighted by Gasteiger charge is -2.37. The predicted octanol–water partition coefficient (Wildman–Crippen LogP) is 3.25. The Balaban J connectivity index is 1.36. The number of alkyl halides is 3. The highest BCUT2D eigenvalue weighted by Crippen LogP contribution is 2.58. The number of urea groups is 1. The summed E-state index contributed by atoms with van der Waals surface area (Å²) in [4.78, 5) is 38.9. The third kappa shape index (κ3) is 4.28. The molecule has 12 heteroatoms. The van der Waals surface area contributed by atoms with Crippen molar-refractivity contribution in [2.45, 2.75) is 43.3 Å². The predicted molar refractivity (Wildman–Crippen MR) is 127 cm³/mol. The van der Waals surface area contributed by atoms with E-state index in [1.165, 1.54) is 30.5 Å². The maximum atomic E-state index is 13.4. The molecule has 3 heterocycles. The summed E-state index contributed by atoms with van der Waals surface area (Å²) in [6.45, 7) is 2.67. The number of nitrogens with two attached hydrogens (primary N) is 1. The van der Waals surface area contributed by atoms with Gasteiger partial charge in [-0.15, -0.1) is 0 Å². The van der Waals surface area contributed by atoms with Crippen molar-refractivity contribution in [1.82, 2.24) is 19.8 Å². The molecule has 0 unspecified atom stereocenters. The maximum Gasteiger partial charge on any atom is 0.398 e. The summed E-state index contributed by atoms with van der Waals surface area (Å²) in [5.74, 6) is -0.119. The van der Waals surface area contributed by atoms with Crippen LogP contribution >= 0.6 is 0 Å². The summed E-state index contributed by atoms with van der Waals surface area (Å²) in [6.07, 6.45) is -0.892. The van der Waals surface area contributed by atoms with E-state index >= 15 is 0 Å². The van der Waals surface area contributed by atoms with Gasteiger partial charge >= 0.3 is 12.2 Å². The Bertz CT molecular complexity index is 1170. The molecule has 3 amide bonds. The average Bonchev–Trinajstić information content (AvgIpc) is 3.61. The van der Waals surface area contributed by atoms with Crippen molar-refractivity contribution < 1.29 is 22.8 Å². The summed E-state index contributed by atoms with van der Waals surface area (Å²) < 4.78 is 40.3. The van der Waals surface area contributed by atoms with Gasteiger partial charge in [-0.3, -0.25) is 4.79 Å². The van der Waals surface area contributed by atoms with Crippen molar-refractivity contribution in [1.29, 1.82) is 0 Å². The highest BCUT2D eigenvalue weighted by Gasteiger charge is 2.64. The molecule has 2 aromatic rings. The Kier molecular flexibility index (Phi) is 5.92. The molecule has 9 nitrogen and oxygen atoms in total. The monoisotopic (exact) mass is 503 g/mol. The van der Waals surface area contributed by atoms with Crippen LogP contribution in [0.2, 0.25) is 0 Å². The van der Waals surface area contributed by atoms with E-state index in [0.717, 1.165) is 12.8 Å². The molecule has 0 bridgehead atoms. The summed E-state index contributed by atoms with van der Waals surface area (Å²) in [6, 6.07) is 6.02. The number of rotatable bonds is 6. The third-order valence-corrected chi connectivity index (χ3v) is 7.40. The Morgan fingerprint density at radius 1 is 1.17 bits per heavy atom. The van der Waals surface area contributed by atoms with Crippen LogP contribution in [0.4, 0.5) is 35.3 Å². The number of hydrogen-bond donors (Lipinski definition) is 2. The van der Waals surface area contributed by atoms with E-state index in [9.17, 15) is 22.8 Å². The van der Waals surface area contributed by atoms with Gasteiger partial charge in [0.25, 0.3) is 5.91 Å². The molecule has 3 aliphatic rings. The van der Waals surface area contributed by atoms with Crippen molar-refractivity contribution in [3.05, 3.63) is 41.7 Å². The highest BCUT2D eigenvalue weighted by atomic mass is 19.4. The second kappa shape index (κ2) is 8.82. The number of amides is 3. The minimum Gasteiger partial charge on any atom is -0.364 e. The van der Waals surface area contributed by atoms with Gasteiger partial charge in [-0.1, -0.05) is 12.1 Å². The van der Waals surface area contributed by atoms with Crippen LogP contribution in [0.15, 0.2) is 30.5 Å². The summed E-state index contributed by atoms with van der Waals surface area (Å²) in [7, 11) is 1.79. The lowest BCUT2D eigenvalue weighted by atomic mass is 9.95. The zero-order chi connectivity index (χ0) is 25.7. The number of benzene rings is 1. The first-order valence-electron chi connectivity index (χ1n) is 12.0. The van der Waals surface area contributed by atoms with E-state index in [4.69, 9.17) is 5.73 Å². The fourth-order valence-corrected chi connectivity index (χ4v) is 5.09. The largest absolute Gasteiger partial charge is 0.398 e. The second-order valence-corrected chi connectivity index (χ2v) is 9.71. The molecule has 5 rings (SSSR count). The number of aromatic nitrogens is 2. The molecule has 0 spiro atoms. The highest BCUT2D eigenvalue weighted by molar-refractivity contribution is 5.96. The number of likely N-dealkylation sites (N-methyl/N-ethyl adjacent to an activating group) is 1. The van der Waals surface area contributed by atoms with Gasteiger partial charge in [-0.2, -0.15) is 13.2 Å². The van der Waals surface area contributed by atoms with Gasteiger partial charge in [0.1, 0.15) is 5.82 Å². The Hall–Kier alpha value is -3.57. The molecule has 2 aliphatic heterocycles.